The molecule has 0 unspecified atom stereocenters. The molecule has 0 bridgehead atoms. The predicted octanol–water partition coefficient (Wildman–Crippen LogP) is 0.354. The van der Waals surface area contributed by atoms with Gasteiger partial charge in [-0.15, -0.1) is 0 Å². The van der Waals surface area contributed by atoms with Crippen LogP contribution in [0.4, 0.5) is 0 Å². The molecule has 1 N–H and O–H groups in total. The molecule has 2 aliphatic rings. The maximum absolute atomic E-state index is 12.6. The van der Waals surface area contributed by atoms with Gasteiger partial charge in [0.25, 0.3) is 10.2 Å². The summed E-state index contributed by atoms with van der Waals surface area (Å²) in [6.07, 6.45) is 0.894. The molecular formula is C11H23N3O2S2. The number of nitrogens with zero attached hydrogens (tertiary/aromatic N) is 2. The van der Waals surface area contributed by atoms with Gasteiger partial charge in [0, 0.05) is 43.2 Å². The molecule has 0 aliphatic carbocycles. The Morgan fingerprint density at radius 2 is 1.89 bits per heavy atom. The standard InChI is InChI=1S/C11H23N3O2S2/c1-11(2)10-14(8-9-17-11)18(15,16)13-6-3-4-12-5-7-13/h12H,3-10H2,1-2H3. The lowest BCUT2D eigenvalue weighted by Crippen LogP contribution is -2.52. The molecule has 2 fully saturated rings. The van der Waals surface area contributed by atoms with Crippen LogP contribution in [0.2, 0.25) is 0 Å². The number of hydrogen-bond donors (Lipinski definition) is 1. The summed E-state index contributed by atoms with van der Waals surface area (Å²) in [6, 6.07) is 0. The summed E-state index contributed by atoms with van der Waals surface area (Å²) in [6.45, 7) is 8.38. The maximum Gasteiger partial charge on any atom is 0.282 e. The second-order valence-corrected chi connectivity index (χ2v) is 9.18. The molecule has 0 aromatic carbocycles. The minimum Gasteiger partial charge on any atom is -0.315 e. The molecule has 0 spiro atoms. The third-order valence-electron chi connectivity index (χ3n) is 3.34. The fourth-order valence-corrected chi connectivity index (χ4v) is 5.51. The fraction of sp³-hybridized carbons (Fsp3) is 1.00. The summed E-state index contributed by atoms with van der Waals surface area (Å²) in [5.41, 5.74) is 0. The van der Waals surface area contributed by atoms with E-state index in [1.54, 1.807) is 8.61 Å². The lowest BCUT2D eigenvalue weighted by Gasteiger charge is -2.38. The van der Waals surface area contributed by atoms with E-state index in [4.69, 9.17) is 0 Å². The van der Waals surface area contributed by atoms with Crippen molar-refractivity contribution in [2.45, 2.75) is 25.0 Å². The molecule has 0 aromatic heterocycles. The topological polar surface area (TPSA) is 52.7 Å². The van der Waals surface area contributed by atoms with Crippen LogP contribution in [0.5, 0.6) is 0 Å². The van der Waals surface area contributed by atoms with Crippen molar-refractivity contribution in [3.63, 3.8) is 0 Å². The molecular weight excluding hydrogens is 270 g/mol. The Kier molecular flexibility index (Phi) is 4.59. The summed E-state index contributed by atoms with van der Waals surface area (Å²) >= 11 is 1.85. The molecule has 0 aromatic rings. The van der Waals surface area contributed by atoms with E-state index in [9.17, 15) is 8.42 Å². The van der Waals surface area contributed by atoms with Crippen molar-refractivity contribution in [2.24, 2.45) is 0 Å². The predicted molar refractivity (Wildman–Crippen MR) is 76.1 cm³/mol. The van der Waals surface area contributed by atoms with Crippen LogP contribution in [0.25, 0.3) is 0 Å². The normalized spacial score (nSPS) is 27.9. The van der Waals surface area contributed by atoms with Gasteiger partial charge in [-0.25, -0.2) is 0 Å². The Morgan fingerprint density at radius 3 is 2.61 bits per heavy atom. The highest BCUT2D eigenvalue weighted by atomic mass is 32.2. The molecule has 0 atom stereocenters. The van der Waals surface area contributed by atoms with Gasteiger partial charge in [-0.2, -0.15) is 28.8 Å². The molecule has 0 radical (unpaired) electrons. The fourth-order valence-electron chi connectivity index (χ4n) is 2.39. The van der Waals surface area contributed by atoms with Gasteiger partial charge in [0.15, 0.2) is 0 Å². The zero-order chi connectivity index (χ0) is 13.2. The average Bonchev–Trinajstić information content (AvgIpc) is 2.56. The highest BCUT2D eigenvalue weighted by Gasteiger charge is 2.36. The Bertz CT molecular complexity index is 376. The molecule has 2 saturated heterocycles. The van der Waals surface area contributed by atoms with Crippen LogP contribution in [0.15, 0.2) is 0 Å². The minimum atomic E-state index is -3.27. The highest BCUT2D eigenvalue weighted by molar-refractivity contribution is 8.00. The number of hydrogen-bond acceptors (Lipinski definition) is 4. The lowest BCUT2D eigenvalue weighted by molar-refractivity contribution is 0.332. The van der Waals surface area contributed by atoms with Crippen molar-refractivity contribution in [1.82, 2.24) is 13.9 Å². The monoisotopic (exact) mass is 293 g/mol. The molecule has 2 heterocycles. The number of nitrogens with one attached hydrogen (secondary N) is 1. The molecule has 0 amide bonds. The van der Waals surface area contributed by atoms with E-state index in [2.05, 4.69) is 19.2 Å². The maximum atomic E-state index is 12.6. The van der Waals surface area contributed by atoms with Gasteiger partial charge in [-0.3, -0.25) is 0 Å². The second kappa shape index (κ2) is 5.66. The quantitative estimate of drug-likeness (QED) is 0.798. The van der Waals surface area contributed by atoms with E-state index in [-0.39, 0.29) is 4.75 Å². The first kappa shape index (κ1) is 14.6. The first-order chi connectivity index (χ1) is 8.42. The third kappa shape index (κ3) is 3.39. The van der Waals surface area contributed by atoms with Gasteiger partial charge in [-0.05, 0) is 26.8 Å². The molecule has 106 valence electrons. The van der Waals surface area contributed by atoms with Crippen LogP contribution < -0.4 is 5.32 Å². The zero-order valence-electron chi connectivity index (χ0n) is 11.2. The number of thioether (sulfide) groups is 1. The van der Waals surface area contributed by atoms with E-state index in [1.807, 2.05) is 11.8 Å². The summed E-state index contributed by atoms with van der Waals surface area (Å²) < 4.78 is 28.5. The van der Waals surface area contributed by atoms with E-state index in [0.717, 1.165) is 25.3 Å². The summed E-state index contributed by atoms with van der Waals surface area (Å²) in [5.74, 6) is 0.887. The van der Waals surface area contributed by atoms with Crippen LogP contribution in [0.1, 0.15) is 20.3 Å². The summed E-state index contributed by atoms with van der Waals surface area (Å²) in [5, 5.41) is 3.24. The van der Waals surface area contributed by atoms with Gasteiger partial charge in [-0.1, -0.05) is 0 Å². The molecule has 2 rings (SSSR count). The van der Waals surface area contributed by atoms with Crippen molar-refractivity contribution in [3.05, 3.63) is 0 Å². The van der Waals surface area contributed by atoms with Crippen molar-refractivity contribution in [2.75, 3.05) is 45.0 Å². The zero-order valence-corrected chi connectivity index (χ0v) is 12.8. The smallest absolute Gasteiger partial charge is 0.282 e. The average molecular weight is 293 g/mol. The Morgan fingerprint density at radius 1 is 1.11 bits per heavy atom. The Hall–Kier alpha value is 0.180. The van der Waals surface area contributed by atoms with Crippen molar-refractivity contribution < 1.29 is 8.42 Å². The van der Waals surface area contributed by atoms with Gasteiger partial charge in [0.05, 0.1) is 0 Å². The van der Waals surface area contributed by atoms with E-state index < -0.39 is 10.2 Å². The largest absolute Gasteiger partial charge is 0.315 e. The molecule has 7 heteroatoms. The van der Waals surface area contributed by atoms with Crippen LogP contribution in [-0.4, -0.2) is 66.8 Å². The number of rotatable bonds is 2. The molecule has 5 nitrogen and oxygen atoms in total. The highest BCUT2D eigenvalue weighted by Crippen LogP contribution is 2.31. The first-order valence-corrected chi connectivity index (χ1v) is 8.90. The lowest BCUT2D eigenvalue weighted by atomic mass is 10.2. The van der Waals surface area contributed by atoms with Gasteiger partial charge in [0.2, 0.25) is 0 Å². The second-order valence-electron chi connectivity index (χ2n) is 5.45. The Balaban J connectivity index is 2.09. The summed E-state index contributed by atoms with van der Waals surface area (Å²) in [4.78, 5) is 0. The van der Waals surface area contributed by atoms with Crippen LogP contribution in [0.3, 0.4) is 0 Å². The molecule has 0 saturated carbocycles. The Labute approximate surface area is 114 Å². The first-order valence-electron chi connectivity index (χ1n) is 6.52. The third-order valence-corrected chi connectivity index (χ3v) is 6.62. The van der Waals surface area contributed by atoms with Crippen LogP contribution >= 0.6 is 11.8 Å². The van der Waals surface area contributed by atoms with E-state index in [0.29, 0.717) is 26.2 Å². The molecule has 2 aliphatic heterocycles. The van der Waals surface area contributed by atoms with Gasteiger partial charge in [0.1, 0.15) is 0 Å². The summed E-state index contributed by atoms with van der Waals surface area (Å²) in [7, 11) is -3.27. The van der Waals surface area contributed by atoms with Crippen molar-refractivity contribution in [1.29, 1.82) is 0 Å². The van der Waals surface area contributed by atoms with E-state index in [1.165, 1.54) is 0 Å². The minimum absolute atomic E-state index is 0.0232. The van der Waals surface area contributed by atoms with Crippen LogP contribution in [0, 0.1) is 0 Å². The van der Waals surface area contributed by atoms with Crippen molar-refractivity contribution in [3.8, 4) is 0 Å². The van der Waals surface area contributed by atoms with Gasteiger partial charge < -0.3 is 5.32 Å². The van der Waals surface area contributed by atoms with Gasteiger partial charge >= 0.3 is 0 Å². The van der Waals surface area contributed by atoms with Crippen molar-refractivity contribution >= 4 is 22.0 Å². The molecule has 18 heavy (non-hydrogen) atoms. The van der Waals surface area contributed by atoms with Crippen LogP contribution in [-0.2, 0) is 10.2 Å². The SMILES string of the molecule is CC1(C)CN(S(=O)(=O)N2CCCNCC2)CCS1. The van der Waals surface area contributed by atoms with E-state index >= 15 is 0 Å².